The molecule has 1 aromatic rings. The molecule has 2 heterocycles. The first kappa shape index (κ1) is 15.0. The molecule has 1 N–H and O–H groups in total. The summed E-state index contributed by atoms with van der Waals surface area (Å²) in [6, 6.07) is 9.47. The predicted octanol–water partition coefficient (Wildman–Crippen LogP) is 2.80. The van der Waals surface area contributed by atoms with Crippen LogP contribution in [-0.4, -0.2) is 37.7 Å². The first-order valence-electron chi connectivity index (χ1n) is 8.38. The molecule has 2 unspecified atom stereocenters. The van der Waals surface area contributed by atoms with Crippen molar-refractivity contribution in [2.24, 2.45) is 5.92 Å². The number of methoxy groups -OCH3 is 1. The van der Waals surface area contributed by atoms with Crippen molar-refractivity contribution in [1.29, 1.82) is 0 Å². The first-order chi connectivity index (χ1) is 10.4. The van der Waals surface area contributed by atoms with E-state index < -0.39 is 0 Å². The molecule has 0 radical (unpaired) electrons. The third kappa shape index (κ3) is 3.85. The lowest BCUT2D eigenvalue weighted by Crippen LogP contribution is -2.43. The molecule has 0 spiro atoms. The molecular formula is C18H28N2O. The molecule has 0 aliphatic carbocycles. The van der Waals surface area contributed by atoms with E-state index in [0.717, 1.165) is 25.1 Å². The van der Waals surface area contributed by atoms with Crippen molar-refractivity contribution in [3.63, 3.8) is 0 Å². The fourth-order valence-corrected chi connectivity index (χ4v) is 3.93. The van der Waals surface area contributed by atoms with Gasteiger partial charge in [0.15, 0.2) is 0 Å². The average molecular weight is 288 g/mol. The highest BCUT2D eigenvalue weighted by molar-refractivity contribution is 5.26. The van der Waals surface area contributed by atoms with Crippen LogP contribution >= 0.6 is 0 Å². The standard InChI is InChI=1S/C18H28N2O/c1-21-14-17-7-3-2-6-15(17)12-20-11-5-8-16(13-20)18-9-4-10-19-18/h2-3,6-7,16,18-19H,4-5,8-14H2,1H3. The van der Waals surface area contributed by atoms with Gasteiger partial charge in [0.05, 0.1) is 6.61 Å². The van der Waals surface area contributed by atoms with Crippen LogP contribution in [-0.2, 0) is 17.9 Å². The van der Waals surface area contributed by atoms with E-state index in [0.29, 0.717) is 0 Å². The summed E-state index contributed by atoms with van der Waals surface area (Å²) in [7, 11) is 1.78. The number of piperidine rings is 1. The summed E-state index contributed by atoms with van der Waals surface area (Å²) in [4.78, 5) is 2.64. The van der Waals surface area contributed by atoms with Gasteiger partial charge in [-0.15, -0.1) is 0 Å². The monoisotopic (exact) mass is 288 g/mol. The van der Waals surface area contributed by atoms with Gasteiger partial charge in [-0.05, 0) is 55.8 Å². The van der Waals surface area contributed by atoms with Crippen LogP contribution in [0.3, 0.4) is 0 Å². The number of likely N-dealkylation sites (tertiary alicyclic amines) is 1. The summed E-state index contributed by atoms with van der Waals surface area (Å²) in [6.07, 6.45) is 5.47. The van der Waals surface area contributed by atoms with E-state index >= 15 is 0 Å². The zero-order valence-electron chi connectivity index (χ0n) is 13.2. The Bertz CT molecular complexity index is 443. The summed E-state index contributed by atoms with van der Waals surface area (Å²) < 4.78 is 5.33. The fraction of sp³-hybridized carbons (Fsp3) is 0.667. The minimum Gasteiger partial charge on any atom is -0.380 e. The third-order valence-electron chi connectivity index (χ3n) is 5.02. The Morgan fingerprint density at radius 3 is 2.81 bits per heavy atom. The van der Waals surface area contributed by atoms with Crippen LogP contribution in [0.5, 0.6) is 0 Å². The van der Waals surface area contributed by atoms with Crippen LogP contribution in [0.4, 0.5) is 0 Å². The van der Waals surface area contributed by atoms with Crippen LogP contribution in [0, 0.1) is 5.92 Å². The quantitative estimate of drug-likeness (QED) is 0.901. The normalized spacial score (nSPS) is 27.1. The number of nitrogens with zero attached hydrogens (tertiary/aromatic N) is 1. The van der Waals surface area contributed by atoms with Crippen molar-refractivity contribution in [1.82, 2.24) is 10.2 Å². The molecular weight excluding hydrogens is 260 g/mol. The highest BCUT2D eigenvalue weighted by Gasteiger charge is 2.29. The van der Waals surface area contributed by atoms with E-state index in [1.807, 2.05) is 0 Å². The van der Waals surface area contributed by atoms with Gasteiger partial charge < -0.3 is 10.1 Å². The number of rotatable bonds is 5. The molecule has 1 aromatic carbocycles. The molecule has 3 heteroatoms. The SMILES string of the molecule is COCc1ccccc1CN1CCCC(C2CCCN2)C1. The maximum absolute atomic E-state index is 5.33. The maximum Gasteiger partial charge on any atom is 0.0716 e. The second-order valence-electron chi connectivity index (χ2n) is 6.54. The third-order valence-corrected chi connectivity index (χ3v) is 5.02. The Morgan fingerprint density at radius 2 is 2.05 bits per heavy atom. The Morgan fingerprint density at radius 1 is 1.19 bits per heavy atom. The molecule has 2 aliphatic rings. The van der Waals surface area contributed by atoms with Crippen LogP contribution in [0.2, 0.25) is 0 Å². The second-order valence-corrected chi connectivity index (χ2v) is 6.54. The molecule has 3 rings (SSSR count). The highest BCUT2D eigenvalue weighted by atomic mass is 16.5. The molecule has 116 valence electrons. The summed E-state index contributed by atoms with van der Waals surface area (Å²) in [5, 5.41) is 3.70. The largest absolute Gasteiger partial charge is 0.380 e. The smallest absolute Gasteiger partial charge is 0.0716 e. The van der Waals surface area contributed by atoms with E-state index in [9.17, 15) is 0 Å². The first-order valence-corrected chi connectivity index (χ1v) is 8.38. The van der Waals surface area contributed by atoms with Gasteiger partial charge in [0.2, 0.25) is 0 Å². The van der Waals surface area contributed by atoms with Crippen molar-refractivity contribution < 1.29 is 4.74 Å². The zero-order valence-corrected chi connectivity index (χ0v) is 13.2. The van der Waals surface area contributed by atoms with Gasteiger partial charge in [-0.3, -0.25) is 4.90 Å². The number of hydrogen-bond donors (Lipinski definition) is 1. The van der Waals surface area contributed by atoms with Gasteiger partial charge in [-0.1, -0.05) is 24.3 Å². The van der Waals surface area contributed by atoms with Crippen LogP contribution in [0.15, 0.2) is 24.3 Å². The molecule has 0 bridgehead atoms. The summed E-state index contributed by atoms with van der Waals surface area (Å²) in [6.45, 7) is 5.50. The molecule has 3 nitrogen and oxygen atoms in total. The van der Waals surface area contributed by atoms with Gasteiger partial charge >= 0.3 is 0 Å². The Kier molecular flexibility index (Phi) is 5.28. The number of nitrogens with one attached hydrogen (secondary N) is 1. The Labute approximate surface area is 128 Å². The van der Waals surface area contributed by atoms with Gasteiger partial charge in [-0.25, -0.2) is 0 Å². The van der Waals surface area contributed by atoms with Crippen molar-refractivity contribution in [3.05, 3.63) is 35.4 Å². The van der Waals surface area contributed by atoms with Crippen molar-refractivity contribution in [2.45, 2.75) is 44.9 Å². The van der Waals surface area contributed by atoms with E-state index in [4.69, 9.17) is 4.74 Å². The van der Waals surface area contributed by atoms with Crippen LogP contribution < -0.4 is 5.32 Å². The van der Waals surface area contributed by atoms with E-state index in [2.05, 4.69) is 34.5 Å². The molecule has 21 heavy (non-hydrogen) atoms. The van der Waals surface area contributed by atoms with Crippen LogP contribution in [0.25, 0.3) is 0 Å². The zero-order chi connectivity index (χ0) is 14.5. The number of ether oxygens (including phenoxy) is 1. The minimum absolute atomic E-state index is 0.720. The van der Waals surface area contributed by atoms with Gasteiger partial charge in [0.1, 0.15) is 0 Å². The molecule has 0 aromatic heterocycles. The topological polar surface area (TPSA) is 24.5 Å². The molecule has 2 aliphatic heterocycles. The summed E-state index contributed by atoms with van der Waals surface area (Å²) in [5.74, 6) is 0.843. The number of hydrogen-bond acceptors (Lipinski definition) is 3. The van der Waals surface area contributed by atoms with Crippen molar-refractivity contribution >= 4 is 0 Å². The van der Waals surface area contributed by atoms with E-state index in [1.54, 1.807) is 7.11 Å². The van der Waals surface area contributed by atoms with Gasteiger partial charge in [0.25, 0.3) is 0 Å². The molecule has 2 fully saturated rings. The molecule has 0 saturated carbocycles. The minimum atomic E-state index is 0.720. The molecule has 0 amide bonds. The molecule has 2 saturated heterocycles. The Balaban J connectivity index is 1.61. The Hall–Kier alpha value is -0.900. The van der Waals surface area contributed by atoms with Crippen LogP contribution in [0.1, 0.15) is 36.8 Å². The summed E-state index contributed by atoms with van der Waals surface area (Å²) >= 11 is 0. The average Bonchev–Trinajstić information content (AvgIpc) is 3.04. The van der Waals surface area contributed by atoms with Crippen molar-refractivity contribution in [3.8, 4) is 0 Å². The highest BCUT2D eigenvalue weighted by Crippen LogP contribution is 2.26. The lowest BCUT2D eigenvalue weighted by atomic mass is 9.89. The van der Waals surface area contributed by atoms with E-state index in [1.165, 1.54) is 56.4 Å². The summed E-state index contributed by atoms with van der Waals surface area (Å²) in [5.41, 5.74) is 2.76. The number of benzene rings is 1. The van der Waals surface area contributed by atoms with Gasteiger partial charge in [-0.2, -0.15) is 0 Å². The lowest BCUT2D eigenvalue weighted by Gasteiger charge is -2.36. The van der Waals surface area contributed by atoms with E-state index in [-0.39, 0.29) is 0 Å². The van der Waals surface area contributed by atoms with Gasteiger partial charge in [0, 0.05) is 26.2 Å². The lowest BCUT2D eigenvalue weighted by molar-refractivity contribution is 0.142. The second kappa shape index (κ2) is 7.39. The molecule has 2 atom stereocenters. The predicted molar refractivity (Wildman–Crippen MR) is 86.2 cm³/mol. The van der Waals surface area contributed by atoms with Crippen molar-refractivity contribution in [2.75, 3.05) is 26.7 Å². The fourth-order valence-electron chi connectivity index (χ4n) is 3.93. The maximum atomic E-state index is 5.33.